The van der Waals surface area contributed by atoms with Gasteiger partial charge in [0.25, 0.3) is 0 Å². The van der Waals surface area contributed by atoms with Crippen LogP contribution in [0.1, 0.15) is 55.3 Å². The number of amides is 3. The van der Waals surface area contributed by atoms with Crippen LogP contribution < -0.4 is 16.0 Å². The highest BCUT2D eigenvalue weighted by Gasteiger charge is 2.31. The Morgan fingerprint density at radius 2 is 1.54 bits per heavy atom. The molecule has 0 unspecified atom stereocenters. The number of aliphatic carboxylic acids is 2. The van der Waals surface area contributed by atoms with Gasteiger partial charge >= 0.3 is 24.0 Å². The molecular weight excluding hydrogens is 650 g/mol. The van der Waals surface area contributed by atoms with E-state index in [0.29, 0.717) is 5.69 Å². The number of nitrogens with zero attached hydrogens (tertiary/aromatic N) is 1. The highest BCUT2D eigenvalue weighted by Crippen LogP contribution is 2.44. The van der Waals surface area contributed by atoms with Crippen molar-refractivity contribution in [3.63, 3.8) is 0 Å². The Morgan fingerprint density at radius 1 is 0.880 bits per heavy atom. The van der Waals surface area contributed by atoms with Gasteiger partial charge in [-0.2, -0.15) is 0 Å². The molecule has 1 heterocycles. The molecule has 0 saturated carbocycles. The van der Waals surface area contributed by atoms with E-state index in [1.165, 1.54) is 18.6 Å². The Bertz CT molecular complexity index is 1660. The number of rotatable bonds is 18. The summed E-state index contributed by atoms with van der Waals surface area (Å²) in [6.45, 7) is 1.66. The zero-order valence-electron chi connectivity index (χ0n) is 27.3. The van der Waals surface area contributed by atoms with Gasteiger partial charge in [0, 0.05) is 31.0 Å². The Morgan fingerprint density at radius 3 is 2.14 bits per heavy atom. The van der Waals surface area contributed by atoms with Gasteiger partial charge in [0.05, 0.1) is 31.1 Å². The lowest BCUT2D eigenvalue weighted by molar-refractivity contribution is -0.139. The van der Waals surface area contributed by atoms with E-state index < -0.39 is 60.4 Å². The van der Waals surface area contributed by atoms with Gasteiger partial charge < -0.3 is 40.6 Å². The van der Waals surface area contributed by atoms with Gasteiger partial charge in [-0.15, -0.1) is 0 Å². The van der Waals surface area contributed by atoms with Crippen LogP contribution in [0.5, 0.6) is 0 Å². The Balaban J connectivity index is 1.48. The number of hydrogen-bond acceptors (Lipinski definition) is 9. The van der Waals surface area contributed by atoms with Gasteiger partial charge in [-0.3, -0.25) is 19.2 Å². The summed E-state index contributed by atoms with van der Waals surface area (Å²) < 4.78 is 10.4. The molecule has 1 aromatic heterocycles. The number of ether oxygens (including phenoxy) is 2. The molecule has 0 aliphatic heterocycles. The van der Waals surface area contributed by atoms with Crippen molar-refractivity contribution in [3.8, 4) is 11.1 Å². The summed E-state index contributed by atoms with van der Waals surface area (Å²) in [4.78, 5) is 81.6. The van der Waals surface area contributed by atoms with E-state index in [4.69, 9.17) is 9.47 Å². The van der Waals surface area contributed by atoms with Crippen molar-refractivity contribution < 1.29 is 48.5 Å². The molecule has 0 bridgehead atoms. The predicted octanol–water partition coefficient (Wildman–Crippen LogP) is 2.68. The van der Waals surface area contributed by atoms with E-state index in [1.807, 2.05) is 48.5 Å². The number of carbonyl (C=O) groups is 6. The van der Waals surface area contributed by atoms with Gasteiger partial charge in [-0.05, 0) is 42.0 Å². The van der Waals surface area contributed by atoms with Crippen LogP contribution in [-0.2, 0) is 39.9 Å². The normalized spacial score (nSPS) is 13.7. The number of carboxylic acids is 2. The molecule has 1 aliphatic rings. The number of esters is 1. The molecule has 0 radical (unpaired) electrons. The molecule has 3 amide bonds. The van der Waals surface area contributed by atoms with Crippen LogP contribution in [0.2, 0.25) is 0 Å². The number of aromatic amines is 1. The summed E-state index contributed by atoms with van der Waals surface area (Å²) in [5, 5.41) is 26.2. The van der Waals surface area contributed by atoms with Crippen LogP contribution in [0.25, 0.3) is 11.1 Å². The average molecular weight is 690 g/mol. The molecule has 1 aliphatic carbocycles. The fourth-order valence-corrected chi connectivity index (χ4v) is 5.63. The van der Waals surface area contributed by atoms with E-state index in [0.717, 1.165) is 28.3 Å². The molecule has 2 aromatic carbocycles. The molecule has 0 saturated heterocycles. The van der Waals surface area contributed by atoms with Gasteiger partial charge in [0.15, 0.2) is 0 Å². The van der Waals surface area contributed by atoms with Crippen LogP contribution >= 0.6 is 0 Å². The smallest absolute Gasteiger partial charge is 0.407 e. The van der Waals surface area contributed by atoms with Gasteiger partial charge in [-0.1, -0.05) is 54.6 Å². The standard InChI is InChI=1S/C35H39N5O10/c1-2-49-32(45)15-14-21(17-31(43)44)38-34(47)29(16-22-18-36-20-37-22)39-33(46)28(12-7-13-30(41)42)40-35(48)50-19-27-25-10-5-3-8-23(25)24-9-4-6-11-26(24)27/h3-6,8-11,14-15,18,20-21,27-29H,2,7,12-13,16-17,19H2,1H3,(H,36,37)(H,38,47)(H,39,46)(H,40,48)(H,41,42)(H,43,44)/b15-14+/t21-,28+,29-/m1/s1. The maximum Gasteiger partial charge on any atom is 0.407 e. The van der Waals surface area contributed by atoms with Crippen LogP contribution in [-0.4, -0.2) is 87.3 Å². The molecule has 0 fully saturated rings. The first kappa shape index (κ1) is 36.8. The number of carbonyl (C=O) groups excluding carboxylic acids is 4. The number of carboxylic acid groups (broad SMARTS) is 2. The fourth-order valence-electron chi connectivity index (χ4n) is 5.63. The molecule has 264 valence electrons. The summed E-state index contributed by atoms with van der Waals surface area (Å²) in [6.07, 6.45) is 3.06. The number of H-pyrrole nitrogens is 1. The van der Waals surface area contributed by atoms with E-state index >= 15 is 0 Å². The van der Waals surface area contributed by atoms with Crippen LogP contribution in [0.4, 0.5) is 4.79 Å². The molecule has 15 nitrogen and oxygen atoms in total. The monoisotopic (exact) mass is 689 g/mol. The summed E-state index contributed by atoms with van der Waals surface area (Å²) in [5.74, 6) is -4.94. The lowest BCUT2D eigenvalue weighted by Gasteiger charge is -2.24. The minimum Gasteiger partial charge on any atom is -0.481 e. The molecule has 3 aromatic rings. The Labute approximate surface area is 287 Å². The maximum absolute atomic E-state index is 13.6. The SMILES string of the molecule is CCOC(=O)/C=C/[C@H](CC(=O)O)NC(=O)[C@@H](Cc1c[nH]cn1)NC(=O)[C@H](CCCC(=O)O)NC(=O)OCC1c2ccccc2-c2ccccc21. The largest absolute Gasteiger partial charge is 0.481 e. The second-order valence-electron chi connectivity index (χ2n) is 11.5. The topological polar surface area (TPSA) is 226 Å². The lowest BCUT2D eigenvalue weighted by Crippen LogP contribution is -2.55. The number of aromatic nitrogens is 2. The molecule has 50 heavy (non-hydrogen) atoms. The maximum atomic E-state index is 13.6. The van der Waals surface area contributed by atoms with E-state index in [-0.39, 0.29) is 44.8 Å². The summed E-state index contributed by atoms with van der Waals surface area (Å²) in [7, 11) is 0. The van der Waals surface area contributed by atoms with Crippen molar-refractivity contribution in [2.24, 2.45) is 0 Å². The van der Waals surface area contributed by atoms with E-state index in [1.54, 1.807) is 6.92 Å². The van der Waals surface area contributed by atoms with Crippen LogP contribution in [0.15, 0.2) is 73.2 Å². The minimum atomic E-state index is -1.32. The third-order valence-electron chi connectivity index (χ3n) is 7.91. The van der Waals surface area contributed by atoms with Crippen LogP contribution in [0.3, 0.4) is 0 Å². The third kappa shape index (κ3) is 10.5. The van der Waals surface area contributed by atoms with E-state index in [2.05, 4.69) is 25.9 Å². The number of imidazole rings is 1. The van der Waals surface area contributed by atoms with Crippen molar-refractivity contribution >= 4 is 35.8 Å². The fraction of sp³-hybridized carbons (Fsp3) is 0.343. The third-order valence-corrected chi connectivity index (χ3v) is 7.91. The Hall–Kier alpha value is -5.99. The number of nitrogens with one attached hydrogen (secondary N) is 4. The van der Waals surface area contributed by atoms with Crippen molar-refractivity contribution in [3.05, 3.63) is 90.0 Å². The summed E-state index contributed by atoms with van der Waals surface area (Å²) in [6, 6.07) is 11.8. The van der Waals surface area contributed by atoms with Crippen molar-refractivity contribution in [1.29, 1.82) is 0 Å². The Kier molecular flexibility index (Phi) is 13.2. The number of benzene rings is 2. The summed E-state index contributed by atoms with van der Waals surface area (Å²) in [5.41, 5.74) is 4.43. The summed E-state index contributed by atoms with van der Waals surface area (Å²) >= 11 is 0. The zero-order valence-corrected chi connectivity index (χ0v) is 27.3. The number of alkyl carbamates (subject to hydrolysis) is 1. The van der Waals surface area contributed by atoms with Crippen molar-refractivity contribution in [2.45, 2.75) is 63.1 Å². The molecule has 4 rings (SSSR count). The van der Waals surface area contributed by atoms with E-state index in [9.17, 15) is 39.0 Å². The quantitative estimate of drug-likeness (QED) is 0.0841. The molecule has 3 atom stereocenters. The van der Waals surface area contributed by atoms with Gasteiger partial charge in [0.1, 0.15) is 18.7 Å². The first-order chi connectivity index (χ1) is 24.0. The lowest BCUT2D eigenvalue weighted by atomic mass is 9.98. The first-order valence-corrected chi connectivity index (χ1v) is 16.0. The predicted molar refractivity (Wildman–Crippen MR) is 178 cm³/mol. The van der Waals surface area contributed by atoms with Crippen molar-refractivity contribution in [1.82, 2.24) is 25.9 Å². The first-order valence-electron chi connectivity index (χ1n) is 16.0. The molecule has 6 N–H and O–H groups in total. The van der Waals surface area contributed by atoms with Crippen molar-refractivity contribution in [2.75, 3.05) is 13.2 Å². The highest BCUT2D eigenvalue weighted by molar-refractivity contribution is 5.92. The highest BCUT2D eigenvalue weighted by atomic mass is 16.5. The average Bonchev–Trinajstić information content (AvgIpc) is 3.71. The number of hydrogen-bond donors (Lipinski definition) is 6. The second-order valence-corrected chi connectivity index (χ2v) is 11.5. The van der Waals surface area contributed by atoms with Gasteiger partial charge in [0.2, 0.25) is 11.8 Å². The van der Waals surface area contributed by atoms with Crippen LogP contribution in [0, 0.1) is 0 Å². The number of fused-ring (bicyclic) bond motifs is 3. The zero-order chi connectivity index (χ0) is 36.0. The van der Waals surface area contributed by atoms with Gasteiger partial charge in [-0.25, -0.2) is 14.6 Å². The molecular formula is C35H39N5O10. The molecule has 15 heteroatoms. The minimum absolute atomic E-state index is 0.0205. The second kappa shape index (κ2) is 18.0. The molecule has 0 spiro atoms.